The van der Waals surface area contributed by atoms with Crippen LogP contribution in [0.3, 0.4) is 0 Å². The molecule has 0 bridgehead atoms. The molecular formula is C10H9N3O3. The molecule has 82 valence electrons. The van der Waals surface area contributed by atoms with Crippen LogP contribution in [-0.4, -0.2) is 25.8 Å². The van der Waals surface area contributed by atoms with Gasteiger partial charge in [0, 0.05) is 6.07 Å². The average Bonchev–Trinajstić information content (AvgIpc) is 2.68. The summed E-state index contributed by atoms with van der Waals surface area (Å²) in [5.74, 6) is 0. The van der Waals surface area contributed by atoms with E-state index >= 15 is 0 Å². The molecule has 2 aromatic rings. The molecule has 1 aliphatic rings. The van der Waals surface area contributed by atoms with Crippen LogP contribution in [0.5, 0.6) is 0 Å². The van der Waals surface area contributed by atoms with E-state index in [1.54, 1.807) is 6.07 Å². The molecule has 0 amide bonds. The van der Waals surface area contributed by atoms with Crippen LogP contribution in [0, 0.1) is 0 Å². The number of aromatic nitrogens is 3. The first-order valence-electron chi connectivity index (χ1n) is 4.94. The number of aliphatic hydroxyl groups excluding tert-OH is 1. The number of rotatable bonds is 1. The number of nitrogens with zero attached hydrogens (tertiary/aromatic N) is 3. The van der Waals surface area contributed by atoms with Crippen LogP contribution in [0.25, 0.3) is 11.2 Å². The number of aliphatic hydroxyl groups is 1. The first kappa shape index (κ1) is 9.29. The van der Waals surface area contributed by atoms with Gasteiger partial charge in [-0.25, -0.2) is 4.98 Å². The summed E-state index contributed by atoms with van der Waals surface area (Å²) in [5, 5.41) is 9.21. The third kappa shape index (κ3) is 1.02. The van der Waals surface area contributed by atoms with Gasteiger partial charge < -0.3 is 5.11 Å². The van der Waals surface area contributed by atoms with Gasteiger partial charge in [-0.15, -0.1) is 0 Å². The highest BCUT2D eigenvalue weighted by molar-refractivity contribution is 5.71. The van der Waals surface area contributed by atoms with Crippen LogP contribution in [0.15, 0.2) is 27.9 Å². The van der Waals surface area contributed by atoms with Crippen LogP contribution in [0.2, 0.25) is 0 Å². The Bertz CT molecular complexity index is 680. The third-order valence-electron chi connectivity index (χ3n) is 2.88. The molecule has 0 unspecified atom stereocenters. The largest absolute Gasteiger partial charge is 0.394 e. The molecule has 1 N–H and O–H groups in total. The van der Waals surface area contributed by atoms with Gasteiger partial charge in [0.1, 0.15) is 11.2 Å². The number of pyridine rings is 1. The Morgan fingerprint density at radius 3 is 2.94 bits per heavy atom. The molecule has 0 saturated heterocycles. The normalized spacial score (nSPS) is 18.2. The minimum absolute atomic E-state index is 0.167. The molecule has 1 aliphatic heterocycles. The van der Waals surface area contributed by atoms with E-state index in [0.29, 0.717) is 17.7 Å². The van der Waals surface area contributed by atoms with Crippen LogP contribution < -0.4 is 11.1 Å². The molecule has 3 rings (SSSR count). The van der Waals surface area contributed by atoms with E-state index in [9.17, 15) is 14.7 Å². The smallest absolute Gasteiger partial charge is 0.271 e. The third-order valence-corrected chi connectivity index (χ3v) is 2.88. The molecule has 2 aromatic heterocycles. The van der Waals surface area contributed by atoms with Crippen molar-refractivity contribution < 1.29 is 5.11 Å². The lowest BCUT2D eigenvalue weighted by molar-refractivity contribution is 0.225. The molecule has 6 heteroatoms. The second-order valence-corrected chi connectivity index (χ2v) is 3.79. The maximum absolute atomic E-state index is 11.7. The molecule has 16 heavy (non-hydrogen) atoms. The zero-order chi connectivity index (χ0) is 11.3. The van der Waals surface area contributed by atoms with E-state index in [4.69, 9.17) is 0 Å². The highest BCUT2D eigenvalue weighted by atomic mass is 16.3. The summed E-state index contributed by atoms with van der Waals surface area (Å²) in [6.07, 6.45) is 1.21. The lowest BCUT2D eigenvalue weighted by Crippen LogP contribution is -2.24. The van der Waals surface area contributed by atoms with E-state index in [-0.39, 0.29) is 23.8 Å². The molecule has 0 radical (unpaired) electrons. The minimum Gasteiger partial charge on any atom is -0.394 e. The quantitative estimate of drug-likeness (QED) is 0.674. The highest BCUT2D eigenvalue weighted by Gasteiger charge is 2.25. The summed E-state index contributed by atoms with van der Waals surface area (Å²) in [7, 11) is 0. The average molecular weight is 219 g/mol. The predicted octanol–water partition coefficient (Wildman–Crippen LogP) is -0.895. The van der Waals surface area contributed by atoms with Gasteiger partial charge in [0.25, 0.3) is 11.1 Å². The Hall–Kier alpha value is -1.95. The van der Waals surface area contributed by atoms with Crippen molar-refractivity contribution in [2.75, 3.05) is 6.61 Å². The van der Waals surface area contributed by atoms with Crippen LogP contribution in [0.1, 0.15) is 6.04 Å². The van der Waals surface area contributed by atoms with Crippen molar-refractivity contribution in [3.63, 3.8) is 0 Å². The maximum Gasteiger partial charge on any atom is 0.271 e. The minimum atomic E-state index is -0.368. The Kier molecular flexibility index (Phi) is 1.75. The summed E-state index contributed by atoms with van der Waals surface area (Å²) in [6, 6.07) is 2.64. The molecule has 0 spiro atoms. The molecule has 1 atom stereocenters. The Morgan fingerprint density at radius 2 is 2.19 bits per heavy atom. The van der Waals surface area contributed by atoms with Crippen LogP contribution in [0.4, 0.5) is 0 Å². The molecule has 3 heterocycles. The van der Waals surface area contributed by atoms with Crippen molar-refractivity contribution in [3.05, 3.63) is 39.0 Å². The Balaban J connectivity index is 2.54. The summed E-state index contributed by atoms with van der Waals surface area (Å²) in [4.78, 5) is 27.2. The molecule has 0 fully saturated rings. The molecular weight excluding hydrogens is 210 g/mol. The number of hydrogen-bond donors (Lipinski definition) is 1. The van der Waals surface area contributed by atoms with E-state index in [2.05, 4.69) is 4.98 Å². The van der Waals surface area contributed by atoms with Crippen molar-refractivity contribution in [1.29, 1.82) is 0 Å². The van der Waals surface area contributed by atoms with Crippen LogP contribution in [-0.2, 0) is 6.54 Å². The molecule has 0 aromatic carbocycles. The highest BCUT2D eigenvalue weighted by Crippen LogP contribution is 2.20. The number of hydrogen-bond acceptors (Lipinski definition) is 4. The summed E-state index contributed by atoms with van der Waals surface area (Å²) >= 11 is 0. The monoisotopic (exact) mass is 219 g/mol. The summed E-state index contributed by atoms with van der Waals surface area (Å²) in [6.45, 7) is 0.160. The van der Waals surface area contributed by atoms with Gasteiger partial charge in [-0.05, 0) is 6.07 Å². The SMILES string of the molecule is O=c1ccc2ncc(=O)n3c2n1C[C@H]3CO. The molecule has 6 nitrogen and oxygen atoms in total. The van der Waals surface area contributed by atoms with E-state index in [1.165, 1.54) is 21.4 Å². The van der Waals surface area contributed by atoms with E-state index < -0.39 is 0 Å². The molecule has 0 aliphatic carbocycles. The van der Waals surface area contributed by atoms with Crippen molar-refractivity contribution in [2.45, 2.75) is 12.6 Å². The lowest BCUT2D eigenvalue weighted by Gasteiger charge is -2.08. The van der Waals surface area contributed by atoms with Gasteiger partial charge in [-0.1, -0.05) is 0 Å². The summed E-state index contributed by atoms with van der Waals surface area (Å²) in [5.41, 5.74) is 0.627. The van der Waals surface area contributed by atoms with Gasteiger partial charge in [0.05, 0.1) is 25.4 Å². The van der Waals surface area contributed by atoms with Crippen molar-refractivity contribution in [1.82, 2.24) is 14.1 Å². The summed E-state index contributed by atoms with van der Waals surface area (Å²) < 4.78 is 2.91. The first-order valence-corrected chi connectivity index (χ1v) is 4.94. The fraction of sp³-hybridized carbons (Fsp3) is 0.300. The van der Waals surface area contributed by atoms with Gasteiger partial charge in [0.2, 0.25) is 0 Å². The fourth-order valence-corrected chi connectivity index (χ4v) is 2.16. The van der Waals surface area contributed by atoms with Gasteiger partial charge in [-0.2, -0.15) is 0 Å². The fourth-order valence-electron chi connectivity index (χ4n) is 2.16. The topological polar surface area (TPSA) is 77.1 Å². The van der Waals surface area contributed by atoms with Gasteiger partial charge in [-0.3, -0.25) is 18.7 Å². The zero-order valence-corrected chi connectivity index (χ0v) is 8.33. The van der Waals surface area contributed by atoms with Gasteiger partial charge >= 0.3 is 0 Å². The first-order chi connectivity index (χ1) is 7.72. The predicted molar refractivity (Wildman–Crippen MR) is 56.4 cm³/mol. The Labute approximate surface area is 89.4 Å². The second-order valence-electron chi connectivity index (χ2n) is 3.79. The standard InChI is InChI=1S/C10H9N3O3/c14-5-6-4-12-8(15)2-1-7-10(12)13(6)9(16)3-11-7/h1-3,6,14H,4-5H2/t6-/m0/s1. The van der Waals surface area contributed by atoms with Crippen LogP contribution >= 0.6 is 0 Å². The van der Waals surface area contributed by atoms with Crippen molar-refractivity contribution >= 4 is 11.2 Å². The molecule has 0 saturated carbocycles. The van der Waals surface area contributed by atoms with Gasteiger partial charge in [0.15, 0.2) is 0 Å². The maximum atomic E-state index is 11.7. The van der Waals surface area contributed by atoms with E-state index in [1.807, 2.05) is 0 Å². The van der Waals surface area contributed by atoms with Crippen molar-refractivity contribution in [3.8, 4) is 0 Å². The Morgan fingerprint density at radius 1 is 1.38 bits per heavy atom. The van der Waals surface area contributed by atoms with Crippen molar-refractivity contribution in [2.24, 2.45) is 0 Å². The van der Waals surface area contributed by atoms with E-state index in [0.717, 1.165) is 0 Å². The zero-order valence-electron chi connectivity index (χ0n) is 8.33. The lowest BCUT2D eigenvalue weighted by atomic mass is 10.3. The second kappa shape index (κ2) is 3.02.